The maximum Gasteiger partial charge on any atom is 0.326 e. The topological polar surface area (TPSA) is 197 Å². The Labute approximate surface area is 199 Å². The zero-order valence-corrected chi connectivity index (χ0v) is 19.8. The molecule has 0 aromatic carbocycles. The zero-order chi connectivity index (χ0) is 25.3. The standard InChI is InChI=1S/C22H37N7O5/c1-13(2)18(22(33)34)28-19(30)16(6-3-4-8-23)27-20(31)17-7-5-9-29(17)21(32)15(24)10-14-11-25-12-26-14/h11-13,15-18H,3-10,23-24H2,1-2H3,(H,25,26)(H,27,31)(H,28,30)(H,33,34). The lowest BCUT2D eigenvalue weighted by atomic mass is 10.0. The van der Waals surface area contributed by atoms with Crippen LogP contribution in [0.5, 0.6) is 0 Å². The van der Waals surface area contributed by atoms with E-state index >= 15 is 0 Å². The summed E-state index contributed by atoms with van der Waals surface area (Å²) >= 11 is 0. The fourth-order valence-corrected chi connectivity index (χ4v) is 4.03. The summed E-state index contributed by atoms with van der Waals surface area (Å²) in [7, 11) is 0. The number of carboxylic acids is 1. The van der Waals surface area contributed by atoms with Crippen molar-refractivity contribution in [2.75, 3.05) is 13.1 Å². The molecule has 1 aromatic heterocycles. The summed E-state index contributed by atoms with van der Waals surface area (Å²) in [6.45, 7) is 4.21. The number of aromatic amines is 1. The number of imidazole rings is 1. The second-order valence-electron chi connectivity index (χ2n) is 8.99. The van der Waals surface area contributed by atoms with Crippen LogP contribution in [0.4, 0.5) is 0 Å². The van der Waals surface area contributed by atoms with Crippen LogP contribution >= 0.6 is 0 Å². The van der Waals surface area contributed by atoms with Gasteiger partial charge in [0.25, 0.3) is 0 Å². The summed E-state index contributed by atoms with van der Waals surface area (Å²) in [5.41, 5.74) is 12.4. The molecule has 4 atom stereocenters. The Balaban J connectivity index is 2.07. The van der Waals surface area contributed by atoms with Gasteiger partial charge in [0, 0.05) is 24.9 Å². The van der Waals surface area contributed by atoms with Crippen LogP contribution in [0, 0.1) is 5.92 Å². The molecule has 8 N–H and O–H groups in total. The predicted molar refractivity (Wildman–Crippen MR) is 124 cm³/mol. The molecule has 0 saturated carbocycles. The molecule has 0 bridgehead atoms. The fourth-order valence-electron chi connectivity index (χ4n) is 4.03. The van der Waals surface area contributed by atoms with Crippen molar-refractivity contribution in [3.8, 4) is 0 Å². The number of carboxylic acid groups (broad SMARTS) is 1. The van der Waals surface area contributed by atoms with E-state index in [1.54, 1.807) is 20.0 Å². The Morgan fingerprint density at radius 1 is 1.26 bits per heavy atom. The van der Waals surface area contributed by atoms with Crippen LogP contribution in [0.15, 0.2) is 12.5 Å². The minimum absolute atomic E-state index is 0.263. The minimum Gasteiger partial charge on any atom is -0.480 e. The molecular formula is C22H37N7O5. The van der Waals surface area contributed by atoms with Crippen molar-refractivity contribution >= 4 is 23.7 Å². The van der Waals surface area contributed by atoms with Crippen LogP contribution in [0.1, 0.15) is 51.6 Å². The fraction of sp³-hybridized carbons (Fsp3) is 0.682. The Morgan fingerprint density at radius 2 is 2.00 bits per heavy atom. The molecular weight excluding hydrogens is 442 g/mol. The van der Waals surface area contributed by atoms with Gasteiger partial charge in [0.1, 0.15) is 18.1 Å². The average Bonchev–Trinajstić information content (AvgIpc) is 3.47. The summed E-state index contributed by atoms with van der Waals surface area (Å²) in [5, 5.41) is 14.7. The monoisotopic (exact) mass is 479 g/mol. The van der Waals surface area contributed by atoms with Crippen molar-refractivity contribution in [1.29, 1.82) is 0 Å². The number of nitrogens with zero attached hydrogens (tertiary/aromatic N) is 2. The quantitative estimate of drug-likeness (QED) is 0.196. The number of hydrogen-bond acceptors (Lipinski definition) is 7. The first kappa shape index (κ1) is 27.3. The lowest BCUT2D eigenvalue weighted by Crippen LogP contribution is -2.57. The van der Waals surface area contributed by atoms with Gasteiger partial charge in [0.05, 0.1) is 12.4 Å². The number of rotatable bonds is 13. The minimum atomic E-state index is -1.14. The first-order valence-electron chi connectivity index (χ1n) is 11.7. The van der Waals surface area contributed by atoms with Crippen molar-refractivity contribution in [1.82, 2.24) is 25.5 Å². The number of H-pyrrole nitrogens is 1. The molecule has 0 aliphatic carbocycles. The van der Waals surface area contributed by atoms with E-state index in [0.717, 1.165) is 5.69 Å². The van der Waals surface area contributed by atoms with Gasteiger partial charge in [-0.25, -0.2) is 9.78 Å². The van der Waals surface area contributed by atoms with Gasteiger partial charge in [-0.05, 0) is 44.6 Å². The van der Waals surface area contributed by atoms with Gasteiger partial charge in [0.2, 0.25) is 17.7 Å². The Bertz CT molecular complexity index is 830. The third-order valence-electron chi connectivity index (χ3n) is 5.96. The zero-order valence-electron chi connectivity index (χ0n) is 19.8. The Morgan fingerprint density at radius 3 is 2.59 bits per heavy atom. The number of likely N-dealkylation sites (tertiary alicyclic amines) is 1. The SMILES string of the molecule is CC(C)C(NC(=O)C(CCCCN)NC(=O)C1CCCN1C(=O)C(N)Cc1cnc[nH]1)C(=O)O. The number of nitrogens with two attached hydrogens (primary N) is 2. The van der Waals surface area contributed by atoms with Crippen molar-refractivity contribution in [3.05, 3.63) is 18.2 Å². The van der Waals surface area contributed by atoms with Gasteiger partial charge in [-0.1, -0.05) is 13.8 Å². The molecule has 12 nitrogen and oxygen atoms in total. The van der Waals surface area contributed by atoms with Crippen molar-refractivity contribution in [2.45, 2.75) is 76.5 Å². The van der Waals surface area contributed by atoms with Crippen LogP contribution in [0.25, 0.3) is 0 Å². The number of aliphatic carboxylic acids is 1. The average molecular weight is 480 g/mol. The highest BCUT2D eigenvalue weighted by Crippen LogP contribution is 2.19. The van der Waals surface area contributed by atoms with Gasteiger partial charge in [-0.2, -0.15) is 0 Å². The molecule has 34 heavy (non-hydrogen) atoms. The lowest BCUT2D eigenvalue weighted by Gasteiger charge is -2.29. The third kappa shape index (κ3) is 7.52. The number of nitrogens with one attached hydrogen (secondary N) is 3. The smallest absolute Gasteiger partial charge is 0.326 e. The molecule has 1 aliphatic rings. The maximum absolute atomic E-state index is 13.1. The molecule has 12 heteroatoms. The van der Waals surface area contributed by atoms with Gasteiger partial charge in [0.15, 0.2) is 0 Å². The van der Waals surface area contributed by atoms with Crippen molar-refractivity contribution in [3.63, 3.8) is 0 Å². The van der Waals surface area contributed by atoms with Crippen LogP contribution in [-0.4, -0.2) is 80.9 Å². The summed E-state index contributed by atoms with van der Waals surface area (Å²) in [6, 6.07) is -3.59. The van der Waals surface area contributed by atoms with E-state index in [4.69, 9.17) is 11.5 Å². The number of hydrogen-bond donors (Lipinski definition) is 6. The van der Waals surface area contributed by atoms with Gasteiger partial charge >= 0.3 is 5.97 Å². The Hall–Kier alpha value is -2.99. The molecule has 1 aliphatic heterocycles. The van der Waals surface area contributed by atoms with Gasteiger partial charge < -0.3 is 37.1 Å². The molecule has 0 radical (unpaired) electrons. The molecule has 1 aromatic rings. The van der Waals surface area contributed by atoms with Crippen LogP contribution in [0.2, 0.25) is 0 Å². The van der Waals surface area contributed by atoms with E-state index in [2.05, 4.69) is 20.6 Å². The molecule has 1 saturated heterocycles. The van der Waals surface area contributed by atoms with Gasteiger partial charge in [-0.15, -0.1) is 0 Å². The predicted octanol–water partition coefficient (Wildman–Crippen LogP) is -0.890. The van der Waals surface area contributed by atoms with Crippen LogP contribution in [-0.2, 0) is 25.6 Å². The van der Waals surface area contributed by atoms with Crippen LogP contribution < -0.4 is 22.1 Å². The van der Waals surface area contributed by atoms with E-state index in [0.29, 0.717) is 45.2 Å². The van der Waals surface area contributed by atoms with E-state index in [-0.39, 0.29) is 18.2 Å². The largest absolute Gasteiger partial charge is 0.480 e. The molecule has 4 unspecified atom stereocenters. The summed E-state index contributed by atoms with van der Waals surface area (Å²) in [5.74, 6) is -2.85. The normalized spacial score (nSPS) is 18.4. The number of amides is 3. The highest BCUT2D eigenvalue weighted by atomic mass is 16.4. The number of aromatic nitrogens is 2. The highest BCUT2D eigenvalue weighted by Gasteiger charge is 2.38. The van der Waals surface area contributed by atoms with E-state index < -0.39 is 42.0 Å². The second kappa shape index (κ2) is 13.0. The van der Waals surface area contributed by atoms with Crippen LogP contribution in [0.3, 0.4) is 0 Å². The maximum atomic E-state index is 13.1. The number of unbranched alkanes of at least 4 members (excludes halogenated alkanes) is 1. The summed E-state index contributed by atoms with van der Waals surface area (Å²) in [6.07, 6.45) is 5.99. The second-order valence-corrected chi connectivity index (χ2v) is 8.99. The third-order valence-corrected chi connectivity index (χ3v) is 5.96. The molecule has 1 fully saturated rings. The summed E-state index contributed by atoms with van der Waals surface area (Å²) in [4.78, 5) is 58.7. The Kier molecular flexibility index (Phi) is 10.5. The first-order valence-corrected chi connectivity index (χ1v) is 11.7. The van der Waals surface area contributed by atoms with E-state index in [1.807, 2.05) is 0 Å². The first-order chi connectivity index (χ1) is 16.1. The van der Waals surface area contributed by atoms with E-state index in [9.17, 15) is 24.3 Å². The number of carbonyl (C=O) groups is 4. The lowest BCUT2D eigenvalue weighted by molar-refractivity contribution is -0.144. The molecule has 2 heterocycles. The van der Waals surface area contributed by atoms with Crippen molar-refractivity contribution < 1.29 is 24.3 Å². The molecule has 190 valence electrons. The van der Waals surface area contributed by atoms with Gasteiger partial charge in [-0.3, -0.25) is 14.4 Å². The van der Waals surface area contributed by atoms with Crippen molar-refractivity contribution in [2.24, 2.45) is 17.4 Å². The summed E-state index contributed by atoms with van der Waals surface area (Å²) < 4.78 is 0. The highest BCUT2D eigenvalue weighted by molar-refractivity contribution is 5.94. The molecule has 2 rings (SSSR count). The van der Waals surface area contributed by atoms with E-state index in [1.165, 1.54) is 11.2 Å². The molecule has 0 spiro atoms. The number of carbonyl (C=O) groups excluding carboxylic acids is 3. The molecule has 3 amide bonds.